The number of pyridine rings is 1. The van der Waals surface area contributed by atoms with Gasteiger partial charge in [-0.05, 0) is 55.5 Å². The number of nitrogens with one attached hydrogen (secondary N) is 1. The number of aromatic nitrogens is 1. The Hall–Kier alpha value is -2.76. The number of benzene rings is 1. The molecule has 3 heterocycles. The van der Waals surface area contributed by atoms with E-state index in [1.807, 2.05) is 4.90 Å². The van der Waals surface area contributed by atoms with Crippen molar-refractivity contribution in [3.8, 4) is 0 Å². The van der Waals surface area contributed by atoms with Crippen LogP contribution in [0.5, 0.6) is 0 Å². The predicted molar refractivity (Wildman–Crippen MR) is 98.5 cm³/mol. The lowest BCUT2D eigenvalue weighted by Gasteiger charge is -2.39. The highest BCUT2D eigenvalue weighted by atomic mass is 19.1. The second kappa shape index (κ2) is 7.47. The summed E-state index contributed by atoms with van der Waals surface area (Å²) in [7, 11) is 0. The summed E-state index contributed by atoms with van der Waals surface area (Å²) < 4.78 is 13.0. The fourth-order valence-electron chi connectivity index (χ4n) is 4.34. The summed E-state index contributed by atoms with van der Waals surface area (Å²) in [6.45, 7) is 0. The first kappa shape index (κ1) is 17.6. The van der Waals surface area contributed by atoms with Crippen molar-refractivity contribution in [2.45, 2.75) is 50.2 Å². The molecule has 2 aromatic rings. The van der Waals surface area contributed by atoms with E-state index in [0.717, 1.165) is 31.2 Å². The standard InChI is InChI=1S/C21H22FN3O2/c22-16-3-1-14(2-4-16)11-20(26)25-18-5-6-19(25)13-17(12-18)24-21(27)15-7-9-23-10-8-15/h1-4,7-10,17-19H,5-6,11-13H2,(H,24,27)/t17?,18-,19+. The van der Waals surface area contributed by atoms with Gasteiger partial charge in [-0.25, -0.2) is 4.39 Å². The number of hydrogen-bond donors (Lipinski definition) is 1. The minimum atomic E-state index is -0.294. The van der Waals surface area contributed by atoms with Gasteiger partial charge in [0.1, 0.15) is 5.82 Å². The number of halogens is 1. The highest BCUT2D eigenvalue weighted by Crippen LogP contribution is 2.36. The average Bonchev–Trinajstić information content (AvgIpc) is 2.95. The van der Waals surface area contributed by atoms with E-state index < -0.39 is 0 Å². The van der Waals surface area contributed by atoms with Crippen LogP contribution in [0, 0.1) is 5.82 Å². The highest BCUT2D eigenvalue weighted by Gasteiger charge is 2.43. The number of carbonyl (C=O) groups is 2. The lowest BCUT2D eigenvalue weighted by molar-refractivity contribution is -0.135. The van der Waals surface area contributed by atoms with Crippen LogP contribution in [0.1, 0.15) is 41.6 Å². The molecule has 0 aliphatic carbocycles. The first-order valence-corrected chi connectivity index (χ1v) is 9.36. The molecule has 2 fully saturated rings. The number of rotatable bonds is 4. The zero-order chi connectivity index (χ0) is 18.8. The SMILES string of the molecule is O=C(NC1C[C@H]2CC[C@@H](C1)N2C(=O)Cc1ccc(F)cc1)c1ccncc1. The van der Waals surface area contributed by atoms with Gasteiger partial charge in [-0.3, -0.25) is 14.6 Å². The molecule has 0 saturated carbocycles. The number of fused-ring (bicyclic) bond motifs is 2. The van der Waals surface area contributed by atoms with Crippen LogP contribution in [0.25, 0.3) is 0 Å². The lowest BCUT2D eigenvalue weighted by atomic mass is 9.96. The third-order valence-corrected chi connectivity index (χ3v) is 5.57. The Morgan fingerprint density at radius 3 is 2.30 bits per heavy atom. The molecule has 1 aromatic carbocycles. The van der Waals surface area contributed by atoms with E-state index in [1.165, 1.54) is 12.1 Å². The van der Waals surface area contributed by atoms with Crippen molar-refractivity contribution in [1.29, 1.82) is 0 Å². The summed E-state index contributed by atoms with van der Waals surface area (Å²) in [5, 5.41) is 3.11. The predicted octanol–water partition coefficient (Wildman–Crippen LogP) is 2.72. The molecule has 4 rings (SSSR count). The molecule has 1 aromatic heterocycles. The van der Waals surface area contributed by atoms with Crippen molar-refractivity contribution >= 4 is 11.8 Å². The van der Waals surface area contributed by atoms with Gasteiger partial charge < -0.3 is 10.2 Å². The van der Waals surface area contributed by atoms with Gasteiger partial charge in [-0.2, -0.15) is 0 Å². The minimum absolute atomic E-state index is 0.0815. The lowest BCUT2D eigenvalue weighted by Crippen LogP contribution is -2.52. The number of carbonyl (C=O) groups excluding carboxylic acids is 2. The Morgan fingerprint density at radius 1 is 1.04 bits per heavy atom. The maximum Gasteiger partial charge on any atom is 0.251 e. The van der Waals surface area contributed by atoms with E-state index in [2.05, 4.69) is 10.3 Å². The number of amides is 2. The summed E-state index contributed by atoms with van der Waals surface area (Å²) in [6.07, 6.45) is 7.01. The Bertz CT molecular complexity index is 811. The van der Waals surface area contributed by atoms with Crippen molar-refractivity contribution in [3.05, 3.63) is 65.7 Å². The number of nitrogens with zero attached hydrogens (tertiary/aromatic N) is 2. The monoisotopic (exact) mass is 367 g/mol. The maximum absolute atomic E-state index is 13.0. The summed E-state index contributed by atoms with van der Waals surface area (Å²) in [5.74, 6) is -0.294. The third-order valence-electron chi connectivity index (χ3n) is 5.57. The largest absolute Gasteiger partial charge is 0.349 e. The molecule has 140 valence electrons. The molecule has 0 spiro atoms. The molecule has 27 heavy (non-hydrogen) atoms. The topological polar surface area (TPSA) is 62.3 Å². The molecule has 2 amide bonds. The number of piperidine rings is 1. The van der Waals surface area contributed by atoms with E-state index in [0.29, 0.717) is 12.0 Å². The zero-order valence-electron chi connectivity index (χ0n) is 15.0. The van der Waals surface area contributed by atoms with Crippen LogP contribution in [-0.2, 0) is 11.2 Å². The van der Waals surface area contributed by atoms with E-state index in [-0.39, 0.29) is 35.8 Å². The van der Waals surface area contributed by atoms with Gasteiger partial charge in [0.25, 0.3) is 5.91 Å². The van der Waals surface area contributed by atoms with Gasteiger partial charge >= 0.3 is 0 Å². The first-order valence-electron chi connectivity index (χ1n) is 9.36. The average molecular weight is 367 g/mol. The van der Waals surface area contributed by atoms with Gasteiger partial charge in [-0.15, -0.1) is 0 Å². The molecule has 1 unspecified atom stereocenters. The Kier molecular flexibility index (Phi) is 4.88. The van der Waals surface area contributed by atoms with E-state index in [4.69, 9.17) is 0 Å². The Balaban J connectivity index is 1.38. The molecule has 0 radical (unpaired) electrons. The first-order chi connectivity index (χ1) is 13.1. The van der Waals surface area contributed by atoms with Gasteiger partial charge in [0.2, 0.25) is 5.91 Å². The summed E-state index contributed by atoms with van der Waals surface area (Å²) >= 11 is 0. The quantitative estimate of drug-likeness (QED) is 0.904. The van der Waals surface area contributed by atoms with Gasteiger partial charge in [-0.1, -0.05) is 12.1 Å². The van der Waals surface area contributed by atoms with Crippen LogP contribution in [0.4, 0.5) is 4.39 Å². The maximum atomic E-state index is 13.0. The molecule has 2 bridgehead atoms. The van der Waals surface area contributed by atoms with Crippen molar-refractivity contribution in [2.24, 2.45) is 0 Å². The molecule has 2 aliphatic heterocycles. The van der Waals surface area contributed by atoms with E-state index in [9.17, 15) is 14.0 Å². The Morgan fingerprint density at radius 2 is 1.67 bits per heavy atom. The van der Waals surface area contributed by atoms with Crippen LogP contribution >= 0.6 is 0 Å². The van der Waals surface area contributed by atoms with Crippen LogP contribution in [-0.4, -0.2) is 39.8 Å². The summed E-state index contributed by atoms with van der Waals surface area (Å²) in [4.78, 5) is 31.1. The summed E-state index contributed by atoms with van der Waals surface area (Å²) in [6, 6.07) is 9.91. The van der Waals surface area contributed by atoms with Crippen molar-refractivity contribution in [1.82, 2.24) is 15.2 Å². The Labute approximate surface area is 157 Å². The molecule has 2 saturated heterocycles. The molecule has 1 N–H and O–H groups in total. The molecule has 5 nitrogen and oxygen atoms in total. The smallest absolute Gasteiger partial charge is 0.251 e. The van der Waals surface area contributed by atoms with Gasteiger partial charge in [0.05, 0.1) is 6.42 Å². The van der Waals surface area contributed by atoms with E-state index in [1.54, 1.807) is 36.7 Å². The number of hydrogen-bond acceptors (Lipinski definition) is 3. The van der Waals surface area contributed by atoms with Gasteiger partial charge in [0, 0.05) is 36.1 Å². The van der Waals surface area contributed by atoms with Crippen molar-refractivity contribution in [2.75, 3.05) is 0 Å². The van der Waals surface area contributed by atoms with Crippen LogP contribution in [0.3, 0.4) is 0 Å². The van der Waals surface area contributed by atoms with Crippen molar-refractivity contribution < 1.29 is 14.0 Å². The zero-order valence-corrected chi connectivity index (χ0v) is 15.0. The molecular formula is C21H22FN3O2. The second-order valence-electron chi connectivity index (χ2n) is 7.37. The summed E-state index contributed by atoms with van der Waals surface area (Å²) in [5.41, 5.74) is 1.43. The van der Waals surface area contributed by atoms with Crippen LogP contribution in [0.15, 0.2) is 48.8 Å². The van der Waals surface area contributed by atoms with Crippen LogP contribution < -0.4 is 5.32 Å². The molecule has 6 heteroatoms. The third kappa shape index (κ3) is 3.84. The second-order valence-corrected chi connectivity index (χ2v) is 7.37. The normalized spacial score (nSPS) is 23.9. The van der Waals surface area contributed by atoms with Gasteiger partial charge in [0.15, 0.2) is 0 Å². The van der Waals surface area contributed by atoms with Crippen molar-refractivity contribution in [3.63, 3.8) is 0 Å². The molecule has 3 atom stereocenters. The fourth-order valence-corrected chi connectivity index (χ4v) is 4.34. The fraction of sp³-hybridized carbons (Fsp3) is 0.381. The van der Waals surface area contributed by atoms with E-state index >= 15 is 0 Å². The molecular weight excluding hydrogens is 345 g/mol. The van der Waals surface area contributed by atoms with Crippen LogP contribution in [0.2, 0.25) is 0 Å². The minimum Gasteiger partial charge on any atom is -0.349 e. The highest BCUT2D eigenvalue weighted by molar-refractivity contribution is 5.94. The molecule has 2 aliphatic rings.